The minimum Gasteiger partial charge on any atom is -0.472 e. The van der Waals surface area contributed by atoms with E-state index < -0.39 is 15.7 Å². The van der Waals surface area contributed by atoms with Crippen LogP contribution in [0.15, 0.2) is 41.4 Å². The lowest BCUT2D eigenvalue weighted by atomic mass is 10.0. The van der Waals surface area contributed by atoms with E-state index in [0.29, 0.717) is 27.6 Å². The van der Waals surface area contributed by atoms with E-state index in [1.165, 1.54) is 25.4 Å². The van der Waals surface area contributed by atoms with Crippen LogP contribution in [-0.2, 0) is 9.84 Å². The van der Waals surface area contributed by atoms with Crippen molar-refractivity contribution in [2.24, 2.45) is 0 Å². The first-order valence-electron chi connectivity index (χ1n) is 7.74. The molecule has 0 aliphatic carbocycles. The number of hydrogen-bond donors (Lipinski definition) is 1. The highest BCUT2D eigenvalue weighted by Gasteiger charge is 2.17. The number of hydrogen-bond acceptors (Lipinski definition) is 8. The Kier molecular flexibility index (Phi) is 5.19. The highest BCUT2D eigenvalue weighted by Crippen LogP contribution is 2.28. The lowest BCUT2D eigenvalue weighted by Gasteiger charge is -2.11. The number of aryl methyl sites for hydroxylation is 1. The van der Waals surface area contributed by atoms with E-state index in [0.717, 1.165) is 17.6 Å². The zero-order valence-corrected chi connectivity index (χ0v) is 16.4. The Bertz CT molecular complexity index is 1110. The summed E-state index contributed by atoms with van der Waals surface area (Å²) in [6.45, 7) is 1.79. The molecule has 2 aromatic heterocycles. The molecule has 3 rings (SSSR count). The third-order valence-corrected chi connectivity index (χ3v) is 5.57. The lowest BCUT2D eigenvalue weighted by molar-refractivity contribution is 0.102. The van der Waals surface area contributed by atoms with Crippen LogP contribution in [0.1, 0.15) is 16.1 Å². The Balaban J connectivity index is 2.02. The van der Waals surface area contributed by atoms with E-state index in [-0.39, 0.29) is 10.0 Å². The summed E-state index contributed by atoms with van der Waals surface area (Å²) in [6.07, 6.45) is 2.59. The van der Waals surface area contributed by atoms with Crippen LogP contribution in [0.5, 0.6) is 5.19 Å². The maximum Gasteiger partial charge on any atom is 0.295 e. The zero-order chi connectivity index (χ0) is 19.6. The first-order valence-corrected chi connectivity index (χ1v) is 10.4. The molecule has 0 atom stereocenters. The van der Waals surface area contributed by atoms with Gasteiger partial charge in [-0.3, -0.25) is 15.1 Å². The summed E-state index contributed by atoms with van der Waals surface area (Å²) in [5.41, 5.74) is 2.16. The van der Waals surface area contributed by atoms with Gasteiger partial charge in [-0.05, 0) is 47.6 Å². The number of nitrogens with zero attached hydrogens (tertiary/aromatic N) is 3. The molecule has 10 heteroatoms. The van der Waals surface area contributed by atoms with Crippen molar-refractivity contribution in [2.75, 3.05) is 18.7 Å². The molecule has 27 heavy (non-hydrogen) atoms. The highest BCUT2D eigenvalue weighted by atomic mass is 32.2. The van der Waals surface area contributed by atoms with Gasteiger partial charge >= 0.3 is 0 Å². The molecule has 140 valence electrons. The predicted octanol–water partition coefficient (Wildman–Crippen LogP) is 2.57. The summed E-state index contributed by atoms with van der Waals surface area (Å²) in [6, 6.07) is 8.17. The number of methoxy groups -OCH3 is 1. The molecule has 0 saturated carbocycles. The van der Waals surface area contributed by atoms with Crippen LogP contribution >= 0.6 is 11.3 Å². The largest absolute Gasteiger partial charge is 0.472 e. The highest BCUT2D eigenvalue weighted by molar-refractivity contribution is 7.90. The van der Waals surface area contributed by atoms with Crippen molar-refractivity contribution in [3.8, 4) is 16.3 Å². The number of amides is 1. The van der Waals surface area contributed by atoms with Crippen molar-refractivity contribution in [1.29, 1.82) is 0 Å². The smallest absolute Gasteiger partial charge is 0.295 e. The van der Waals surface area contributed by atoms with Gasteiger partial charge in [0.25, 0.3) is 11.1 Å². The molecule has 2 heterocycles. The van der Waals surface area contributed by atoms with Gasteiger partial charge in [-0.2, -0.15) is 0 Å². The number of benzene rings is 1. The second-order valence-corrected chi connectivity index (χ2v) is 8.66. The number of carbonyl (C=O) groups is 1. The van der Waals surface area contributed by atoms with E-state index in [1.54, 1.807) is 25.1 Å². The average molecular weight is 404 g/mol. The van der Waals surface area contributed by atoms with Gasteiger partial charge in [0.1, 0.15) is 0 Å². The van der Waals surface area contributed by atoms with Crippen LogP contribution in [-0.4, -0.2) is 42.9 Å². The van der Waals surface area contributed by atoms with Crippen LogP contribution in [0, 0.1) is 6.92 Å². The normalized spacial score (nSPS) is 11.2. The minimum atomic E-state index is -3.37. The van der Waals surface area contributed by atoms with Crippen molar-refractivity contribution < 1.29 is 17.9 Å². The molecule has 0 aliphatic rings. The molecule has 0 saturated heterocycles. The molecule has 8 nitrogen and oxygen atoms in total. The number of pyridine rings is 1. The maximum absolute atomic E-state index is 12.7. The molecule has 1 N–H and O–H groups in total. The van der Waals surface area contributed by atoms with Gasteiger partial charge in [-0.25, -0.2) is 8.42 Å². The first kappa shape index (κ1) is 18.9. The average Bonchev–Trinajstić information content (AvgIpc) is 3.08. The zero-order valence-electron chi connectivity index (χ0n) is 14.8. The van der Waals surface area contributed by atoms with Crippen molar-refractivity contribution >= 4 is 32.2 Å². The molecule has 0 unspecified atom stereocenters. The summed E-state index contributed by atoms with van der Waals surface area (Å²) in [5.74, 6) is -0.430. The predicted molar refractivity (Wildman–Crippen MR) is 102 cm³/mol. The number of rotatable bonds is 5. The molecule has 3 aromatic rings. The van der Waals surface area contributed by atoms with Crippen molar-refractivity contribution in [2.45, 2.75) is 11.8 Å². The quantitative estimate of drug-likeness (QED) is 0.695. The van der Waals surface area contributed by atoms with Gasteiger partial charge < -0.3 is 4.74 Å². The van der Waals surface area contributed by atoms with Crippen LogP contribution in [0.3, 0.4) is 0 Å². The fraction of sp³-hybridized carbons (Fsp3) is 0.176. The number of ether oxygens (including phenoxy) is 1. The topological polar surface area (TPSA) is 111 Å². The number of sulfone groups is 1. The first-order chi connectivity index (χ1) is 12.8. The van der Waals surface area contributed by atoms with Crippen molar-refractivity contribution in [3.63, 3.8) is 0 Å². The summed E-state index contributed by atoms with van der Waals surface area (Å²) >= 11 is 1.09. The van der Waals surface area contributed by atoms with Crippen LogP contribution in [0.2, 0.25) is 0 Å². The minimum absolute atomic E-state index is 0.176. The molecular formula is C17H16N4O4S2. The fourth-order valence-corrected chi connectivity index (χ4v) is 3.60. The Morgan fingerprint density at radius 1 is 1.22 bits per heavy atom. The second-order valence-electron chi connectivity index (χ2n) is 5.70. The molecule has 0 spiro atoms. The standard InChI is InChI=1S/C17H16N4O4S2/c1-10-7-13(11-5-4-6-12(8-11)27(3,23)24)14(9-18-10)15(22)19-16-20-21-17(25-2)26-16/h4-9H,1-3H3,(H,19,20,22). The van der Waals surface area contributed by atoms with E-state index in [2.05, 4.69) is 20.5 Å². The third kappa shape index (κ3) is 4.29. The van der Waals surface area contributed by atoms with Gasteiger partial charge in [0.2, 0.25) is 5.13 Å². The molecule has 0 fully saturated rings. The number of nitrogens with one attached hydrogen (secondary N) is 1. The molecule has 0 aliphatic heterocycles. The van der Waals surface area contributed by atoms with Crippen molar-refractivity contribution in [1.82, 2.24) is 15.2 Å². The van der Waals surface area contributed by atoms with Crippen molar-refractivity contribution in [3.05, 3.63) is 47.8 Å². The summed E-state index contributed by atoms with van der Waals surface area (Å²) in [4.78, 5) is 17.1. The van der Waals surface area contributed by atoms with Crippen LogP contribution in [0.4, 0.5) is 5.13 Å². The van der Waals surface area contributed by atoms with E-state index in [4.69, 9.17) is 4.74 Å². The van der Waals surface area contributed by atoms with Gasteiger partial charge in [-0.15, -0.1) is 5.10 Å². The van der Waals surface area contributed by atoms with Gasteiger partial charge in [0.05, 0.1) is 17.6 Å². The molecule has 0 radical (unpaired) electrons. The Hall–Kier alpha value is -2.85. The second kappa shape index (κ2) is 7.41. The maximum atomic E-state index is 12.7. The summed E-state index contributed by atoms with van der Waals surface area (Å²) in [7, 11) is -1.91. The van der Waals surface area contributed by atoms with E-state index >= 15 is 0 Å². The number of aromatic nitrogens is 3. The SMILES string of the molecule is COc1nnc(NC(=O)c2cnc(C)cc2-c2cccc(S(C)(=O)=O)c2)s1. The van der Waals surface area contributed by atoms with Gasteiger partial charge in [0.15, 0.2) is 9.84 Å². The fourth-order valence-electron chi connectivity index (χ4n) is 2.38. The van der Waals surface area contributed by atoms with Gasteiger partial charge in [0, 0.05) is 18.1 Å². The Labute approximate surface area is 160 Å². The monoisotopic (exact) mass is 404 g/mol. The number of carbonyl (C=O) groups excluding carboxylic acids is 1. The van der Waals surface area contributed by atoms with Gasteiger partial charge in [-0.1, -0.05) is 17.2 Å². The molecular weight excluding hydrogens is 388 g/mol. The lowest BCUT2D eigenvalue weighted by Crippen LogP contribution is -2.14. The number of anilines is 1. The third-order valence-electron chi connectivity index (χ3n) is 3.66. The Morgan fingerprint density at radius 2 is 2.00 bits per heavy atom. The Morgan fingerprint density at radius 3 is 2.67 bits per heavy atom. The summed E-state index contributed by atoms with van der Waals surface area (Å²) in [5, 5.41) is 10.9. The molecule has 0 bridgehead atoms. The van der Waals surface area contributed by atoms with E-state index in [9.17, 15) is 13.2 Å². The molecule has 1 aromatic carbocycles. The van der Waals surface area contributed by atoms with Crippen LogP contribution in [0.25, 0.3) is 11.1 Å². The molecule has 1 amide bonds. The summed E-state index contributed by atoms with van der Waals surface area (Å²) < 4.78 is 28.7. The van der Waals surface area contributed by atoms with E-state index in [1.807, 2.05) is 0 Å². The van der Waals surface area contributed by atoms with Crippen LogP contribution < -0.4 is 10.1 Å².